The van der Waals surface area contributed by atoms with Crippen LogP contribution in [0.5, 0.6) is 0 Å². The van der Waals surface area contributed by atoms with Crippen molar-refractivity contribution in [2.24, 2.45) is 0 Å². The third-order valence-corrected chi connectivity index (χ3v) is 2.70. The number of nitrogens with two attached hydrogens (primary N) is 1. The van der Waals surface area contributed by atoms with Crippen molar-refractivity contribution in [1.29, 1.82) is 0 Å². The van der Waals surface area contributed by atoms with Crippen molar-refractivity contribution >= 4 is 17.5 Å². The highest BCUT2D eigenvalue weighted by Gasteiger charge is 2.09. The molecule has 0 saturated carbocycles. The number of rotatable bonds is 6. The summed E-state index contributed by atoms with van der Waals surface area (Å²) in [6, 6.07) is 5.13. The Morgan fingerprint density at radius 1 is 1.21 bits per heavy atom. The first-order chi connectivity index (χ1) is 9.04. The fraction of sp³-hybridized carbons (Fsp3) is 0.429. The van der Waals surface area contributed by atoms with E-state index in [-0.39, 0.29) is 11.8 Å². The molecule has 1 rings (SSSR count). The number of amides is 2. The number of nitrogen functional groups attached to an aromatic ring is 1. The molecule has 0 bridgehead atoms. The Hall–Kier alpha value is -2.04. The molecule has 0 radical (unpaired) electrons. The van der Waals surface area contributed by atoms with E-state index in [1.165, 1.54) is 0 Å². The second-order valence-corrected chi connectivity index (χ2v) is 4.43. The van der Waals surface area contributed by atoms with E-state index in [9.17, 15) is 9.59 Å². The lowest BCUT2D eigenvalue weighted by molar-refractivity contribution is -0.120. The molecule has 2 amide bonds. The molecule has 1 aromatic carbocycles. The van der Waals surface area contributed by atoms with Crippen LogP contribution in [-0.2, 0) is 4.79 Å². The predicted molar refractivity (Wildman–Crippen MR) is 75.8 cm³/mol. The summed E-state index contributed by atoms with van der Waals surface area (Å²) in [5, 5.41) is 5.48. The number of benzene rings is 1. The topological polar surface area (TPSA) is 84.2 Å². The number of hydrogen-bond acceptors (Lipinski definition) is 3. The summed E-state index contributed by atoms with van der Waals surface area (Å²) in [5.41, 5.74) is 7.67. The summed E-state index contributed by atoms with van der Waals surface area (Å²) in [6.45, 7) is 4.83. The maximum Gasteiger partial charge on any atom is 0.251 e. The Morgan fingerprint density at radius 3 is 2.58 bits per heavy atom. The van der Waals surface area contributed by atoms with Gasteiger partial charge in [0.25, 0.3) is 5.91 Å². The van der Waals surface area contributed by atoms with E-state index in [0.717, 1.165) is 12.0 Å². The Morgan fingerprint density at radius 2 is 1.95 bits per heavy atom. The molecule has 19 heavy (non-hydrogen) atoms. The van der Waals surface area contributed by atoms with Gasteiger partial charge in [0.2, 0.25) is 5.91 Å². The molecule has 5 heteroatoms. The minimum atomic E-state index is -0.180. The Bertz CT molecular complexity index is 458. The number of carbonyl (C=O) groups excluding carboxylic acids is 2. The second kappa shape index (κ2) is 7.41. The van der Waals surface area contributed by atoms with Crippen LogP contribution < -0.4 is 16.4 Å². The van der Waals surface area contributed by atoms with Crippen molar-refractivity contribution in [3.05, 3.63) is 29.3 Å². The first-order valence-electron chi connectivity index (χ1n) is 6.45. The van der Waals surface area contributed by atoms with Crippen LogP contribution in [-0.4, -0.2) is 24.9 Å². The summed E-state index contributed by atoms with van der Waals surface area (Å²) < 4.78 is 0. The van der Waals surface area contributed by atoms with Crippen molar-refractivity contribution < 1.29 is 9.59 Å². The van der Waals surface area contributed by atoms with E-state index in [4.69, 9.17) is 5.73 Å². The zero-order valence-electron chi connectivity index (χ0n) is 11.5. The van der Waals surface area contributed by atoms with Gasteiger partial charge in [0.15, 0.2) is 0 Å². The standard InChI is InChI=1S/C14H21N3O2/c1-3-7-16-13(18)6-8-17-14(19)12-5-4-11(15)9-10(12)2/h4-5,9H,3,6-8,15H2,1-2H3,(H,16,18)(H,17,19). The number of hydrogen-bond donors (Lipinski definition) is 3. The van der Waals surface area contributed by atoms with Crippen molar-refractivity contribution in [2.75, 3.05) is 18.8 Å². The number of nitrogens with one attached hydrogen (secondary N) is 2. The molecule has 1 aromatic rings. The molecule has 4 N–H and O–H groups in total. The van der Waals surface area contributed by atoms with E-state index in [2.05, 4.69) is 10.6 Å². The smallest absolute Gasteiger partial charge is 0.251 e. The zero-order valence-corrected chi connectivity index (χ0v) is 11.5. The van der Waals surface area contributed by atoms with Gasteiger partial charge in [-0.2, -0.15) is 0 Å². The molecular formula is C14H21N3O2. The highest BCUT2D eigenvalue weighted by atomic mass is 16.2. The minimum Gasteiger partial charge on any atom is -0.399 e. The van der Waals surface area contributed by atoms with Crippen LogP contribution in [0.15, 0.2) is 18.2 Å². The van der Waals surface area contributed by atoms with E-state index >= 15 is 0 Å². The van der Waals surface area contributed by atoms with Gasteiger partial charge < -0.3 is 16.4 Å². The maximum absolute atomic E-state index is 11.9. The third-order valence-electron chi connectivity index (χ3n) is 2.70. The molecule has 0 saturated heterocycles. The van der Waals surface area contributed by atoms with Crippen molar-refractivity contribution in [3.63, 3.8) is 0 Å². The van der Waals surface area contributed by atoms with Gasteiger partial charge in [-0.3, -0.25) is 9.59 Å². The molecule has 0 atom stereocenters. The molecule has 0 fully saturated rings. The van der Waals surface area contributed by atoms with Crippen LogP contribution in [0.2, 0.25) is 0 Å². The Kier molecular flexibility index (Phi) is 5.85. The molecule has 0 spiro atoms. The second-order valence-electron chi connectivity index (χ2n) is 4.43. The van der Waals surface area contributed by atoms with Crippen LogP contribution in [0.3, 0.4) is 0 Å². The maximum atomic E-state index is 11.9. The van der Waals surface area contributed by atoms with E-state index < -0.39 is 0 Å². The normalized spacial score (nSPS) is 10.0. The SMILES string of the molecule is CCCNC(=O)CCNC(=O)c1ccc(N)cc1C. The lowest BCUT2D eigenvalue weighted by atomic mass is 10.1. The summed E-state index contributed by atoms with van der Waals surface area (Å²) in [4.78, 5) is 23.2. The highest BCUT2D eigenvalue weighted by molar-refractivity contribution is 5.96. The number of aryl methyl sites for hydroxylation is 1. The average molecular weight is 263 g/mol. The summed E-state index contributed by atoms with van der Waals surface area (Å²) in [6.07, 6.45) is 1.20. The third kappa shape index (κ3) is 4.99. The fourth-order valence-electron chi connectivity index (χ4n) is 1.68. The molecule has 0 aromatic heterocycles. The van der Waals surface area contributed by atoms with Gasteiger partial charge in [0.05, 0.1) is 0 Å². The van der Waals surface area contributed by atoms with Crippen LogP contribution in [0.1, 0.15) is 35.7 Å². The first kappa shape index (κ1) is 15.0. The molecule has 104 valence electrons. The van der Waals surface area contributed by atoms with E-state index in [1.54, 1.807) is 18.2 Å². The quantitative estimate of drug-likeness (QED) is 0.675. The summed E-state index contributed by atoms with van der Waals surface area (Å²) in [5.74, 6) is -0.225. The minimum absolute atomic E-state index is 0.0452. The Labute approximate surface area is 113 Å². The first-order valence-corrected chi connectivity index (χ1v) is 6.45. The molecule has 0 aliphatic heterocycles. The van der Waals surface area contributed by atoms with Gasteiger partial charge in [-0.25, -0.2) is 0 Å². The molecule has 0 aliphatic carbocycles. The zero-order chi connectivity index (χ0) is 14.3. The summed E-state index contributed by atoms with van der Waals surface area (Å²) in [7, 11) is 0. The van der Waals surface area contributed by atoms with Crippen LogP contribution in [0.25, 0.3) is 0 Å². The van der Waals surface area contributed by atoms with Crippen molar-refractivity contribution in [3.8, 4) is 0 Å². The molecule has 0 unspecified atom stereocenters. The number of anilines is 1. The van der Waals surface area contributed by atoms with Gasteiger partial charge in [0.1, 0.15) is 0 Å². The van der Waals surface area contributed by atoms with E-state index in [1.807, 2.05) is 13.8 Å². The fourth-order valence-corrected chi connectivity index (χ4v) is 1.68. The molecule has 5 nitrogen and oxygen atoms in total. The molecule has 0 aliphatic rings. The van der Waals surface area contributed by atoms with E-state index in [0.29, 0.717) is 30.8 Å². The van der Waals surface area contributed by atoms with Crippen LogP contribution in [0.4, 0.5) is 5.69 Å². The van der Waals surface area contributed by atoms with Gasteiger partial charge in [-0.15, -0.1) is 0 Å². The summed E-state index contributed by atoms with van der Waals surface area (Å²) >= 11 is 0. The van der Waals surface area contributed by atoms with Crippen LogP contribution >= 0.6 is 0 Å². The van der Waals surface area contributed by atoms with Crippen LogP contribution in [0, 0.1) is 6.92 Å². The van der Waals surface area contributed by atoms with Gasteiger partial charge in [0, 0.05) is 30.8 Å². The van der Waals surface area contributed by atoms with Crippen molar-refractivity contribution in [1.82, 2.24) is 10.6 Å². The van der Waals surface area contributed by atoms with Crippen molar-refractivity contribution in [2.45, 2.75) is 26.7 Å². The highest BCUT2D eigenvalue weighted by Crippen LogP contribution is 2.12. The monoisotopic (exact) mass is 263 g/mol. The number of carbonyl (C=O) groups is 2. The lowest BCUT2D eigenvalue weighted by Crippen LogP contribution is -2.31. The largest absolute Gasteiger partial charge is 0.399 e. The Balaban J connectivity index is 2.41. The van der Waals surface area contributed by atoms with Gasteiger partial charge in [-0.05, 0) is 37.1 Å². The van der Waals surface area contributed by atoms with Gasteiger partial charge >= 0.3 is 0 Å². The molecule has 0 heterocycles. The van der Waals surface area contributed by atoms with Gasteiger partial charge in [-0.1, -0.05) is 6.92 Å². The average Bonchev–Trinajstić information content (AvgIpc) is 2.36. The molecular weight excluding hydrogens is 242 g/mol. The predicted octanol–water partition coefficient (Wildman–Crippen LogP) is 1.22. The lowest BCUT2D eigenvalue weighted by Gasteiger charge is -2.08.